The molecule has 0 aliphatic heterocycles. The fourth-order valence-corrected chi connectivity index (χ4v) is 0.850. The number of alkyl halides is 1. The zero-order chi connectivity index (χ0) is 10.4. The van der Waals surface area contributed by atoms with Crippen molar-refractivity contribution < 1.29 is 13.9 Å². The van der Waals surface area contributed by atoms with Crippen LogP contribution in [0.25, 0.3) is 0 Å². The predicted octanol–water partition coefficient (Wildman–Crippen LogP) is 1.11. The molecule has 0 atom stereocenters. The van der Waals surface area contributed by atoms with Gasteiger partial charge in [-0.3, -0.25) is 15.6 Å². The second-order valence-corrected chi connectivity index (χ2v) is 2.54. The molecule has 4 nitrogen and oxygen atoms in total. The maximum atomic E-state index is 11.7. The van der Waals surface area contributed by atoms with Crippen LogP contribution in [-0.4, -0.2) is 19.7 Å². The highest BCUT2D eigenvalue weighted by molar-refractivity contribution is 5.78. The van der Waals surface area contributed by atoms with Gasteiger partial charge < -0.3 is 4.74 Å². The number of amides is 1. The smallest absolute Gasteiger partial charge is 0.269 e. The number of nitrogens with one attached hydrogen (secondary N) is 2. The number of hydrogen-bond acceptors (Lipinski definition) is 3. The number of methoxy groups -OCH3 is 1. The molecule has 0 aliphatic carbocycles. The van der Waals surface area contributed by atoms with Crippen LogP contribution < -0.4 is 15.6 Å². The van der Waals surface area contributed by atoms with Crippen LogP contribution in [0, 0.1) is 0 Å². The van der Waals surface area contributed by atoms with Gasteiger partial charge in [0.25, 0.3) is 5.91 Å². The topological polar surface area (TPSA) is 50.4 Å². The number of carbonyl (C=O) groups is 1. The molecular weight excluding hydrogens is 187 g/mol. The summed E-state index contributed by atoms with van der Waals surface area (Å²) >= 11 is 0. The van der Waals surface area contributed by atoms with Crippen molar-refractivity contribution in [3.63, 3.8) is 0 Å². The molecule has 0 unspecified atom stereocenters. The van der Waals surface area contributed by atoms with Crippen LogP contribution in [0.2, 0.25) is 0 Å². The molecule has 0 saturated carbocycles. The molecule has 0 heterocycles. The zero-order valence-corrected chi connectivity index (χ0v) is 7.71. The van der Waals surface area contributed by atoms with Crippen LogP contribution >= 0.6 is 0 Å². The summed E-state index contributed by atoms with van der Waals surface area (Å²) in [5.41, 5.74) is 5.39. The van der Waals surface area contributed by atoms with Crippen LogP contribution in [0.1, 0.15) is 0 Å². The summed E-state index contributed by atoms with van der Waals surface area (Å²) in [7, 11) is 1.56. The second kappa shape index (κ2) is 5.06. The van der Waals surface area contributed by atoms with E-state index >= 15 is 0 Å². The maximum absolute atomic E-state index is 11.7. The van der Waals surface area contributed by atoms with Crippen LogP contribution in [0.3, 0.4) is 0 Å². The lowest BCUT2D eigenvalue weighted by molar-refractivity contribution is -0.121. The Morgan fingerprint density at radius 1 is 1.43 bits per heavy atom. The first-order valence-electron chi connectivity index (χ1n) is 4.01. The lowest BCUT2D eigenvalue weighted by Gasteiger charge is -2.07. The molecule has 0 aliphatic rings. The van der Waals surface area contributed by atoms with Crippen LogP contribution in [0.4, 0.5) is 10.1 Å². The molecule has 0 fully saturated rings. The van der Waals surface area contributed by atoms with E-state index in [0.717, 1.165) is 0 Å². The Morgan fingerprint density at radius 2 is 2.07 bits per heavy atom. The third-order valence-electron chi connectivity index (χ3n) is 1.56. The van der Waals surface area contributed by atoms with Gasteiger partial charge in [-0.05, 0) is 24.3 Å². The van der Waals surface area contributed by atoms with E-state index in [4.69, 9.17) is 4.74 Å². The van der Waals surface area contributed by atoms with E-state index < -0.39 is 12.6 Å². The molecule has 2 N–H and O–H groups in total. The van der Waals surface area contributed by atoms with Crippen molar-refractivity contribution in [2.45, 2.75) is 0 Å². The van der Waals surface area contributed by atoms with Gasteiger partial charge in [0.2, 0.25) is 0 Å². The molecule has 0 radical (unpaired) electrons. The maximum Gasteiger partial charge on any atom is 0.269 e. The Kier molecular flexibility index (Phi) is 3.72. The van der Waals surface area contributed by atoms with Gasteiger partial charge in [0.05, 0.1) is 12.8 Å². The predicted molar refractivity (Wildman–Crippen MR) is 50.7 cm³/mol. The van der Waals surface area contributed by atoms with E-state index in [9.17, 15) is 9.18 Å². The van der Waals surface area contributed by atoms with E-state index in [1.165, 1.54) is 0 Å². The van der Waals surface area contributed by atoms with Crippen molar-refractivity contribution in [1.82, 2.24) is 5.43 Å². The lowest BCUT2D eigenvalue weighted by atomic mass is 10.3. The van der Waals surface area contributed by atoms with Crippen molar-refractivity contribution in [2.24, 2.45) is 0 Å². The molecule has 1 aromatic carbocycles. The van der Waals surface area contributed by atoms with E-state index in [-0.39, 0.29) is 0 Å². The number of ether oxygens (including phenoxy) is 1. The Balaban J connectivity index is 2.47. The minimum absolute atomic E-state index is 0.660. The SMILES string of the molecule is COc1ccc(NNC(=O)CF)cc1. The van der Waals surface area contributed by atoms with Crippen LogP contribution in [-0.2, 0) is 4.79 Å². The number of hydrogen-bond donors (Lipinski definition) is 2. The number of benzene rings is 1. The third kappa shape index (κ3) is 2.93. The number of hydrazine groups is 1. The first-order chi connectivity index (χ1) is 6.76. The van der Waals surface area contributed by atoms with Gasteiger partial charge >= 0.3 is 0 Å². The summed E-state index contributed by atoms with van der Waals surface area (Å²) < 4.78 is 16.7. The van der Waals surface area contributed by atoms with Crippen molar-refractivity contribution >= 4 is 11.6 Å². The molecule has 76 valence electrons. The van der Waals surface area contributed by atoms with Gasteiger partial charge in [-0.25, -0.2) is 4.39 Å². The molecule has 14 heavy (non-hydrogen) atoms. The average molecular weight is 198 g/mol. The molecule has 1 rings (SSSR count). The summed E-state index contributed by atoms with van der Waals surface area (Å²) in [5.74, 6) is 0.00758. The molecule has 0 aromatic heterocycles. The molecule has 0 saturated heterocycles. The monoisotopic (exact) mass is 198 g/mol. The standard InChI is InChI=1S/C9H11FN2O2/c1-14-8-4-2-7(3-5-8)11-12-9(13)6-10/h2-5,11H,6H2,1H3,(H,12,13). The summed E-state index contributed by atoms with van der Waals surface area (Å²) in [4.78, 5) is 10.5. The van der Waals surface area contributed by atoms with Crippen molar-refractivity contribution in [1.29, 1.82) is 0 Å². The normalized spacial score (nSPS) is 9.29. The first-order valence-corrected chi connectivity index (χ1v) is 4.01. The lowest BCUT2D eigenvalue weighted by Crippen LogP contribution is -2.30. The first kappa shape index (κ1) is 10.3. The summed E-state index contributed by atoms with van der Waals surface area (Å²) in [6, 6.07) is 6.86. The average Bonchev–Trinajstić information content (AvgIpc) is 2.26. The van der Waals surface area contributed by atoms with Crippen LogP contribution in [0.15, 0.2) is 24.3 Å². The second-order valence-electron chi connectivity index (χ2n) is 2.54. The summed E-state index contributed by atoms with van der Waals surface area (Å²) in [6.45, 7) is -1.04. The van der Waals surface area contributed by atoms with Crippen molar-refractivity contribution in [2.75, 3.05) is 19.2 Å². The number of rotatable bonds is 4. The molecule has 1 amide bonds. The largest absolute Gasteiger partial charge is 0.497 e. The highest BCUT2D eigenvalue weighted by Crippen LogP contribution is 2.13. The van der Waals surface area contributed by atoms with Crippen molar-refractivity contribution in [3.8, 4) is 5.75 Å². The van der Waals surface area contributed by atoms with E-state index in [0.29, 0.717) is 11.4 Å². The van der Waals surface area contributed by atoms with Crippen molar-refractivity contribution in [3.05, 3.63) is 24.3 Å². The fourth-order valence-electron chi connectivity index (χ4n) is 0.850. The van der Waals surface area contributed by atoms with Gasteiger partial charge in [-0.1, -0.05) is 0 Å². The highest BCUT2D eigenvalue weighted by Gasteiger charge is 1.97. The minimum Gasteiger partial charge on any atom is -0.497 e. The minimum atomic E-state index is -1.04. The zero-order valence-electron chi connectivity index (χ0n) is 7.71. The highest BCUT2D eigenvalue weighted by atomic mass is 19.1. The van der Waals surface area contributed by atoms with Gasteiger partial charge in [0, 0.05) is 0 Å². The van der Waals surface area contributed by atoms with Gasteiger partial charge in [-0.15, -0.1) is 0 Å². The van der Waals surface area contributed by atoms with Crippen LogP contribution in [0.5, 0.6) is 5.75 Å². The summed E-state index contributed by atoms with van der Waals surface area (Å²) in [5, 5.41) is 0. The molecular formula is C9H11FN2O2. The van der Waals surface area contributed by atoms with E-state index in [1.54, 1.807) is 31.4 Å². The number of carbonyl (C=O) groups excluding carboxylic acids is 1. The number of halogens is 1. The Hall–Kier alpha value is -1.78. The summed E-state index contributed by atoms with van der Waals surface area (Å²) in [6.07, 6.45) is 0. The fraction of sp³-hybridized carbons (Fsp3) is 0.222. The molecule has 0 bridgehead atoms. The molecule has 0 spiro atoms. The van der Waals surface area contributed by atoms with E-state index in [2.05, 4.69) is 10.9 Å². The molecule has 5 heteroatoms. The van der Waals surface area contributed by atoms with Gasteiger partial charge in [-0.2, -0.15) is 0 Å². The van der Waals surface area contributed by atoms with Gasteiger partial charge in [0.1, 0.15) is 5.75 Å². The Labute approximate surface area is 81.0 Å². The third-order valence-corrected chi connectivity index (χ3v) is 1.56. The van der Waals surface area contributed by atoms with E-state index in [1.807, 2.05) is 0 Å². The number of anilines is 1. The van der Waals surface area contributed by atoms with Gasteiger partial charge in [0.15, 0.2) is 6.67 Å². The quantitative estimate of drug-likeness (QED) is 0.712. The molecule has 1 aromatic rings. The Bertz CT molecular complexity index is 300. The Morgan fingerprint density at radius 3 is 2.57 bits per heavy atom.